The van der Waals surface area contributed by atoms with Gasteiger partial charge in [-0.15, -0.1) is 5.10 Å². The molecule has 1 saturated heterocycles. The third-order valence-corrected chi connectivity index (χ3v) is 5.41. The summed E-state index contributed by atoms with van der Waals surface area (Å²) in [5, 5.41) is 10.3. The van der Waals surface area contributed by atoms with Crippen molar-refractivity contribution in [1.29, 1.82) is 0 Å². The fraction of sp³-hybridized carbons (Fsp3) is 0.292. The van der Waals surface area contributed by atoms with Gasteiger partial charge < -0.3 is 10.6 Å². The average Bonchev–Trinajstić information content (AvgIpc) is 3.35. The number of para-hydroxylation sites is 1. The monoisotopic (exact) mass is 402 g/mol. The van der Waals surface area contributed by atoms with Crippen LogP contribution in [0.1, 0.15) is 30.9 Å². The van der Waals surface area contributed by atoms with Crippen molar-refractivity contribution in [3.63, 3.8) is 0 Å². The van der Waals surface area contributed by atoms with Gasteiger partial charge in [0, 0.05) is 24.6 Å². The van der Waals surface area contributed by atoms with Gasteiger partial charge in [0.15, 0.2) is 5.82 Å². The van der Waals surface area contributed by atoms with Gasteiger partial charge in [-0.05, 0) is 36.6 Å². The molecule has 0 spiro atoms. The molecule has 0 radical (unpaired) electrons. The lowest BCUT2D eigenvalue weighted by Crippen LogP contribution is -2.24. The lowest BCUT2D eigenvalue weighted by Gasteiger charge is -2.11. The fourth-order valence-electron chi connectivity index (χ4n) is 3.83. The molecular formula is C24H26N4O2. The zero-order valence-electron chi connectivity index (χ0n) is 17.3. The molecule has 1 aromatic heterocycles. The first-order valence-corrected chi connectivity index (χ1v) is 10.4. The molecule has 0 aliphatic carbocycles. The SMILES string of the molecule is CCCc1cccc(-c2cc(NC(=O)[C@@H]3CNC(=O)C3)nn2-c2ccccc2C)c1. The van der Waals surface area contributed by atoms with Crippen LogP contribution in [-0.4, -0.2) is 28.1 Å². The third-order valence-electron chi connectivity index (χ3n) is 5.41. The number of amides is 2. The summed E-state index contributed by atoms with van der Waals surface area (Å²) in [6.45, 7) is 4.58. The van der Waals surface area contributed by atoms with Gasteiger partial charge in [0.2, 0.25) is 11.8 Å². The Morgan fingerprint density at radius 3 is 2.77 bits per heavy atom. The Morgan fingerprint density at radius 1 is 1.20 bits per heavy atom. The zero-order valence-corrected chi connectivity index (χ0v) is 17.3. The minimum Gasteiger partial charge on any atom is -0.355 e. The van der Waals surface area contributed by atoms with Gasteiger partial charge in [0.25, 0.3) is 0 Å². The Labute approximate surface area is 176 Å². The van der Waals surface area contributed by atoms with Crippen LogP contribution < -0.4 is 10.6 Å². The van der Waals surface area contributed by atoms with Gasteiger partial charge in [-0.1, -0.05) is 49.7 Å². The molecule has 2 N–H and O–H groups in total. The summed E-state index contributed by atoms with van der Waals surface area (Å²) in [5.41, 5.74) is 5.29. The second kappa shape index (κ2) is 8.53. The molecule has 1 atom stereocenters. The van der Waals surface area contributed by atoms with Crippen molar-refractivity contribution < 1.29 is 9.59 Å². The number of benzene rings is 2. The number of nitrogens with one attached hydrogen (secondary N) is 2. The number of carbonyl (C=O) groups excluding carboxylic acids is 2. The summed E-state index contributed by atoms with van der Waals surface area (Å²) in [4.78, 5) is 24.1. The minimum absolute atomic E-state index is 0.0889. The largest absolute Gasteiger partial charge is 0.355 e. The van der Waals surface area contributed by atoms with Gasteiger partial charge in [-0.3, -0.25) is 9.59 Å². The lowest BCUT2D eigenvalue weighted by atomic mass is 10.0. The van der Waals surface area contributed by atoms with E-state index in [9.17, 15) is 9.59 Å². The highest BCUT2D eigenvalue weighted by Gasteiger charge is 2.28. The summed E-state index contributed by atoms with van der Waals surface area (Å²) in [6, 6.07) is 18.4. The molecule has 30 heavy (non-hydrogen) atoms. The van der Waals surface area contributed by atoms with Crippen LogP contribution in [0.2, 0.25) is 0 Å². The molecule has 1 aliphatic heterocycles. The van der Waals surface area contributed by atoms with Crippen molar-refractivity contribution >= 4 is 17.6 Å². The van der Waals surface area contributed by atoms with E-state index < -0.39 is 0 Å². The van der Waals surface area contributed by atoms with Crippen LogP contribution in [0.25, 0.3) is 16.9 Å². The van der Waals surface area contributed by atoms with Gasteiger partial charge in [0.1, 0.15) is 0 Å². The maximum Gasteiger partial charge on any atom is 0.230 e. The number of hydrogen-bond donors (Lipinski definition) is 2. The number of hydrogen-bond acceptors (Lipinski definition) is 3. The molecule has 3 aromatic rings. The lowest BCUT2D eigenvalue weighted by molar-refractivity contribution is -0.123. The Kier molecular flexibility index (Phi) is 5.65. The molecule has 1 fully saturated rings. The maximum atomic E-state index is 12.6. The first-order valence-electron chi connectivity index (χ1n) is 10.4. The number of aryl methyl sites for hydroxylation is 2. The molecule has 6 nitrogen and oxygen atoms in total. The average molecular weight is 402 g/mol. The van der Waals surface area contributed by atoms with Crippen LogP contribution >= 0.6 is 0 Å². The Bertz CT molecular complexity index is 1090. The van der Waals surface area contributed by atoms with Crippen LogP contribution in [0, 0.1) is 12.8 Å². The predicted octanol–water partition coefficient (Wildman–Crippen LogP) is 3.87. The van der Waals surface area contributed by atoms with Gasteiger partial charge in [-0.25, -0.2) is 4.68 Å². The minimum atomic E-state index is -0.363. The molecule has 0 unspecified atom stereocenters. The molecule has 2 aromatic carbocycles. The number of carbonyl (C=O) groups is 2. The number of nitrogens with zero attached hydrogens (tertiary/aromatic N) is 2. The van der Waals surface area contributed by atoms with Crippen molar-refractivity contribution in [3.8, 4) is 16.9 Å². The standard InChI is InChI=1S/C24H26N4O2/c1-3-7-17-9-6-10-18(12-17)21-14-22(26-24(30)19-13-23(29)25-15-19)27-28(21)20-11-5-4-8-16(20)2/h4-6,8-12,14,19H,3,7,13,15H2,1-2H3,(H,25,29)(H,26,27,30)/t19-/m0/s1. The second-order valence-corrected chi connectivity index (χ2v) is 7.76. The maximum absolute atomic E-state index is 12.6. The van der Waals surface area contributed by atoms with Crippen molar-refractivity contribution in [2.45, 2.75) is 33.1 Å². The zero-order chi connectivity index (χ0) is 21.1. The highest BCUT2D eigenvalue weighted by Crippen LogP contribution is 2.28. The molecular weight excluding hydrogens is 376 g/mol. The van der Waals surface area contributed by atoms with Crippen molar-refractivity contribution in [1.82, 2.24) is 15.1 Å². The molecule has 2 amide bonds. The van der Waals surface area contributed by atoms with Gasteiger partial charge in [0.05, 0.1) is 17.3 Å². The Balaban J connectivity index is 1.72. The number of anilines is 1. The number of rotatable bonds is 6. The normalized spacial score (nSPS) is 15.8. The molecule has 2 heterocycles. The molecule has 6 heteroatoms. The molecule has 4 rings (SSSR count). The van der Waals surface area contributed by atoms with E-state index in [-0.39, 0.29) is 24.2 Å². The highest BCUT2D eigenvalue weighted by atomic mass is 16.2. The summed E-state index contributed by atoms with van der Waals surface area (Å²) in [5.74, 6) is -0.154. The van der Waals surface area contributed by atoms with Gasteiger partial charge in [-0.2, -0.15) is 0 Å². The Hall–Kier alpha value is -3.41. The smallest absolute Gasteiger partial charge is 0.230 e. The Morgan fingerprint density at radius 2 is 2.03 bits per heavy atom. The van der Waals surface area contributed by atoms with E-state index in [2.05, 4.69) is 41.8 Å². The van der Waals surface area contributed by atoms with Crippen LogP contribution in [-0.2, 0) is 16.0 Å². The summed E-state index contributed by atoms with van der Waals surface area (Å²) in [6.07, 6.45) is 2.31. The summed E-state index contributed by atoms with van der Waals surface area (Å²) < 4.78 is 1.88. The summed E-state index contributed by atoms with van der Waals surface area (Å²) in [7, 11) is 0. The van der Waals surface area contributed by atoms with E-state index in [1.54, 1.807) is 0 Å². The van der Waals surface area contributed by atoms with Crippen molar-refractivity contribution in [3.05, 3.63) is 65.7 Å². The highest BCUT2D eigenvalue weighted by molar-refractivity contribution is 5.97. The first kappa shape index (κ1) is 19.9. The first-order chi connectivity index (χ1) is 14.5. The third kappa shape index (κ3) is 4.13. The van der Waals surface area contributed by atoms with E-state index >= 15 is 0 Å². The number of aromatic nitrogens is 2. The van der Waals surface area contributed by atoms with E-state index in [4.69, 9.17) is 5.10 Å². The van der Waals surface area contributed by atoms with E-state index in [1.807, 2.05) is 41.9 Å². The van der Waals surface area contributed by atoms with Crippen molar-refractivity contribution in [2.75, 3.05) is 11.9 Å². The second-order valence-electron chi connectivity index (χ2n) is 7.76. The van der Waals surface area contributed by atoms with E-state index in [1.165, 1.54) is 5.56 Å². The van der Waals surface area contributed by atoms with E-state index in [0.29, 0.717) is 12.4 Å². The topological polar surface area (TPSA) is 76.0 Å². The van der Waals surface area contributed by atoms with Crippen LogP contribution in [0.5, 0.6) is 0 Å². The fourth-order valence-corrected chi connectivity index (χ4v) is 3.83. The molecule has 0 saturated carbocycles. The van der Waals surface area contributed by atoms with Crippen LogP contribution in [0.4, 0.5) is 5.82 Å². The molecule has 0 bridgehead atoms. The van der Waals surface area contributed by atoms with Crippen LogP contribution in [0.15, 0.2) is 54.6 Å². The van der Waals surface area contributed by atoms with Crippen LogP contribution in [0.3, 0.4) is 0 Å². The summed E-state index contributed by atoms with van der Waals surface area (Å²) >= 11 is 0. The predicted molar refractivity (Wildman–Crippen MR) is 117 cm³/mol. The van der Waals surface area contributed by atoms with E-state index in [0.717, 1.165) is 35.3 Å². The molecule has 1 aliphatic rings. The van der Waals surface area contributed by atoms with Crippen molar-refractivity contribution in [2.24, 2.45) is 5.92 Å². The quantitative estimate of drug-likeness (QED) is 0.657. The molecule has 154 valence electrons. The van der Waals surface area contributed by atoms with Gasteiger partial charge >= 0.3 is 0 Å².